The first-order chi connectivity index (χ1) is 8.47. The molecule has 1 heterocycles. The van der Waals surface area contributed by atoms with Crippen LogP contribution in [0.4, 0.5) is 4.79 Å². The molecule has 1 fully saturated rings. The van der Waals surface area contributed by atoms with Gasteiger partial charge < -0.3 is 30.1 Å². The summed E-state index contributed by atoms with van der Waals surface area (Å²) in [6.07, 6.45) is -4.38. The van der Waals surface area contributed by atoms with Crippen LogP contribution in [-0.4, -0.2) is 65.1 Å². The highest BCUT2D eigenvalue weighted by Crippen LogP contribution is 2.20. The molecule has 1 aliphatic rings. The summed E-state index contributed by atoms with van der Waals surface area (Å²) >= 11 is 0. The Hall–Kier alpha value is -1.15. The van der Waals surface area contributed by atoms with Gasteiger partial charge in [0.2, 0.25) is 0 Å². The standard InChI is InChI=1S/C11H19NO6/c1-3-4-17-11(16)12-5-7-9(14)10(15)8(13)6(2)18-7/h3,6-10,13-15H,1,4-5H2,2H3,(H,12,16)/t6-,7?,8?,9+,10?/m0/s1. The number of rotatable bonds is 4. The highest BCUT2D eigenvalue weighted by atomic mass is 16.6. The molecular weight excluding hydrogens is 242 g/mol. The second-order valence-electron chi connectivity index (χ2n) is 4.12. The number of carbonyl (C=O) groups is 1. The predicted octanol–water partition coefficient (Wildman–Crippen LogP) is -1.23. The molecule has 1 rings (SSSR count). The summed E-state index contributed by atoms with van der Waals surface area (Å²) < 4.78 is 9.96. The van der Waals surface area contributed by atoms with Gasteiger partial charge in [0.1, 0.15) is 31.0 Å². The molecule has 0 saturated carbocycles. The van der Waals surface area contributed by atoms with Crippen molar-refractivity contribution >= 4 is 6.09 Å². The minimum absolute atomic E-state index is 0.0226. The third-order valence-electron chi connectivity index (χ3n) is 2.73. The molecule has 1 aliphatic heterocycles. The molecule has 0 aromatic carbocycles. The average molecular weight is 261 g/mol. The summed E-state index contributed by atoms with van der Waals surface area (Å²) in [4.78, 5) is 11.1. The molecule has 104 valence electrons. The highest BCUT2D eigenvalue weighted by molar-refractivity contribution is 5.67. The van der Waals surface area contributed by atoms with Crippen LogP contribution in [-0.2, 0) is 9.47 Å². The van der Waals surface area contributed by atoms with E-state index in [4.69, 9.17) is 4.74 Å². The van der Waals surface area contributed by atoms with E-state index >= 15 is 0 Å². The molecule has 18 heavy (non-hydrogen) atoms. The van der Waals surface area contributed by atoms with Crippen molar-refractivity contribution in [2.75, 3.05) is 13.2 Å². The lowest BCUT2D eigenvalue weighted by Gasteiger charge is -2.39. The summed E-state index contributed by atoms with van der Waals surface area (Å²) in [5, 5.41) is 31.1. The Kier molecular flexibility index (Phi) is 5.54. The number of carbonyl (C=O) groups excluding carboxylic acids is 1. The maximum absolute atomic E-state index is 11.1. The molecule has 0 aliphatic carbocycles. The number of nitrogens with one attached hydrogen (secondary N) is 1. The first-order valence-electron chi connectivity index (χ1n) is 5.68. The van der Waals surface area contributed by atoms with Gasteiger partial charge >= 0.3 is 6.09 Å². The number of hydrogen-bond acceptors (Lipinski definition) is 6. The van der Waals surface area contributed by atoms with Crippen molar-refractivity contribution in [3.05, 3.63) is 12.7 Å². The fraction of sp³-hybridized carbons (Fsp3) is 0.727. The Balaban J connectivity index is 2.42. The summed E-state index contributed by atoms with van der Waals surface area (Å²) in [5.74, 6) is 0. The van der Waals surface area contributed by atoms with Gasteiger partial charge in [-0.05, 0) is 6.92 Å². The fourth-order valence-corrected chi connectivity index (χ4v) is 1.67. The summed E-state index contributed by atoms with van der Waals surface area (Å²) in [6, 6.07) is 0. The van der Waals surface area contributed by atoms with Crippen LogP contribution in [0.3, 0.4) is 0 Å². The summed E-state index contributed by atoms with van der Waals surface area (Å²) in [6.45, 7) is 5.02. The second-order valence-corrected chi connectivity index (χ2v) is 4.12. The van der Waals surface area contributed by atoms with Gasteiger partial charge in [-0.1, -0.05) is 12.7 Å². The zero-order valence-corrected chi connectivity index (χ0v) is 10.2. The van der Waals surface area contributed by atoms with Crippen molar-refractivity contribution in [1.29, 1.82) is 0 Å². The zero-order chi connectivity index (χ0) is 13.7. The number of aliphatic hydroxyl groups is 3. The van der Waals surface area contributed by atoms with Crippen molar-refractivity contribution in [2.45, 2.75) is 37.4 Å². The normalized spacial score (nSPS) is 35.9. The van der Waals surface area contributed by atoms with E-state index < -0.39 is 36.6 Å². The van der Waals surface area contributed by atoms with Gasteiger partial charge in [-0.2, -0.15) is 0 Å². The molecule has 0 aromatic rings. The van der Waals surface area contributed by atoms with Gasteiger partial charge in [0.25, 0.3) is 0 Å². The van der Waals surface area contributed by atoms with Gasteiger partial charge in [0.15, 0.2) is 0 Å². The minimum Gasteiger partial charge on any atom is -0.445 e. The Labute approximate surface area is 105 Å². The van der Waals surface area contributed by atoms with Crippen LogP contribution in [0.15, 0.2) is 12.7 Å². The third kappa shape index (κ3) is 3.67. The van der Waals surface area contributed by atoms with Gasteiger partial charge in [-0.25, -0.2) is 4.79 Å². The summed E-state index contributed by atoms with van der Waals surface area (Å²) in [7, 11) is 0. The van der Waals surface area contributed by atoms with E-state index in [2.05, 4.69) is 16.6 Å². The molecule has 4 N–H and O–H groups in total. The maximum atomic E-state index is 11.1. The minimum atomic E-state index is -1.30. The van der Waals surface area contributed by atoms with Crippen molar-refractivity contribution in [3.63, 3.8) is 0 Å². The number of ether oxygens (including phenoxy) is 2. The van der Waals surface area contributed by atoms with Gasteiger partial charge in [-0.15, -0.1) is 0 Å². The molecule has 0 bridgehead atoms. The molecule has 7 nitrogen and oxygen atoms in total. The molecule has 7 heteroatoms. The molecule has 1 saturated heterocycles. The van der Waals surface area contributed by atoms with Crippen molar-refractivity contribution in [2.24, 2.45) is 0 Å². The molecule has 5 atom stereocenters. The van der Waals surface area contributed by atoms with Gasteiger partial charge in [0, 0.05) is 6.54 Å². The number of amides is 1. The van der Waals surface area contributed by atoms with E-state index in [0.717, 1.165) is 0 Å². The van der Waals surface area contributed by atoms with E-state index in [1.54, 1.807) is 6.92 Å². The van der Waals surface area contributed by atoms with E-state index in [0.29, 0.717) is 0 Å². The monoisotopic (exact) mass is 261 g/mol. The van der Waals surface area contributed by atoms with Crippen molar-refractivity contribution in [1.82, 2.24) is 5.32 Å². The lowest BCUT2D eigenvalue weighted by molar-refractivity contribution is -0.215. The van der Waals surface area contributed by atoms with E-state index in [9.17, 15) is 20.1 Å². The number of alkyl carbamates (subject to hydrolysis) is 1. The van der Waals surface area contributed by atoms with E-state index in [1.165, 1.54) is 6.08 Å². The quantitative estimate of drug-likeness (QED) is 0.472. The maximum Gasteiger partial charge on any atom is 0.407 e. The van der Waals surface area contributed by atoms with Gasteiger partial charge in [0.05, 0.1) is 6.10 Å². The molecule has 0 spiro atoms. The van der Waals surface area contributed by atoms with Crippen LogP contribution in [0.2, 0.25) is 0 Å². The van der Waals surface area contributed by atoms with Crippen molar-refractivity contribution < 1.29 is 29.6 Å². The molecule has 3 unspecified atom stereocenters. The number of hydrogen-bond donors (Lipinski definition) is 4. The topological polar surface area (TPSA) is 108 Å². The van der Waals surface area contributed by atoms with E-state index in [1.807, 2.05) is 0 Å². The number of aliphatic hydroxyl groups excluding tert-OH is 3. The Morgan fingerprint density at radius 3 is 2.67 bits per heavy atom. The zero-order valence-electron chi connectivity index (χ0n) is 10.2. The first-order valence-corrected chi connectivity index (χ1v) is 5.68. The fourth-order valence-electron chi connectivity index (χ4n) is 1.67. The SMILES string of the molecule is C=CCOC(=O)NCC1O[C@@H](C)C(O)C(O)[C@@H]1O. The highest BCUT2D eigenvalue weighted by Gasteiger charge is 2.41. The largest absolute Gasteiger partial charge is 0.445 e. The third-order valence-corrected chi connectivity index (χ3v) is 2.73. The van der Waals surface area contributed by atoms with Crippen LogP contribution >= 0.6 is 0 Å². The van der Waals surface area contributed by atoms with Gasteiger partial charge in [-0.3, -0.25) is 0 Å². The Bertz CT molecular complexity index is 297. The lowest BCUT2D eigenvalue weighted by Crippen LogP contribution is -2.59. The van der Waals surface area contributed by atoms with E-state index in [-0.39, 0.29) is 13.2 Å². The predicted molar refractivity (Wildman–Crippen MR) is 61.9 cm³/mol. The van der Waals surface area contributed by atoms with Crippen LogP contribution in [0.1, 0.15) is 6.92 Å². The molecule has 0 aromatic heterocycles. The first kappa shape index (κ1) is 14.9. The molecule has 0 radical (unpaired) electrons. The van der Waals surface area contributed by atoms with Crippen LogP contribution in [0, 0.1) is 0 Å². The van der Waals surface area contributed by atoms with Crippen LogP contribution in [0.5, 0.6) is 0 Å². The second kappa shape index (κ2) is 6.69. The molecular formula is C11H19NO6. The average Bonchev–Trinajstić information content (AvgIpc) is 2.36. The Morgan fingerprint density at radius 1 is 1.39 bits per heavy atom. The molecule has 1 amide bonds. The summed E-state index contributed by atoms with van der Waals surface area (Å²) in [5.41, 5.74) is 0. The van der Waals surface area contributed by atoms with Crippen molar-refractivity contribution in [3.8, 4) is 0 Å². The van der Waals surface area contributed by atoms with Crippen LogP contribution in [0.25, 0.3) is 0 Å². The lowest BCUT2D eigenvalue weighted by atomic mass is 9.96. The smallest absolute Gasteiger partial charge is 0.407 e. The van der Waals surface area contributed by atoms with Crippen LogP contribution < -0.4 is 5.32 Å². The Morgan fingerprint density at radius 2 is 2.06 bits per heavy atom.